The average Bonchev–Trinajstić information content (AvgIpc) is 2.59. The maximum Gasteiger partial charge on any atom is 0.238 e. The van der Waals surface area contributed by atoms with Crippen LogP contribution >= 0.6 is 11.6 Å². The summed E-state index contributed by atoms with van der Waals surface area (Å²) >= 11 is 6.03. The molecule has 0 saturated carbocycles. The Kier molecular flexibility index (Phi) is 6.02. The van der Waals surface area contributed by atoms with Crippen LogP contribution in [0.5, 0.6) is 0 Å². The lowest BCUT2D eigenvalue weighted by Gasteiger charge is -2.34. The molecule has 1 saturated heterocycles. The van der Waals surface area contributed by atoms with E-state index in [0.29, 0.717) is 12.2 Å². The van der Waals surface area contributed by atoms with Crippen molar-refractivity contribution in [3.05, 3.63) is 64.9 Å². The van der Waals surface area contributed by atoms with E-state index in [4.69, 9.17) is 11.6 Å². The topological polar surface area (TPSA) is 35.6 Å². The molecule has 1 fully saturated rings. The number of halogens is 2. The highest BCUT2D eigenvalue weighted by Gasteiger charge is 2.19. The van der Waals surface area contributed by atoms with Crippen LogP contribution in [0.25, 0.3) is 0 Å². The van der Waals surface area contributed by atoms with Crippen LogP contribution in [0.4, 0.5) is 10.1 Å². The lowest BCUT2D eigenvalue weighted by atomic mass is 10.2. The first-order valence-corrected chi connectivity index (χ1v) is 8.71. The van der Waals surface area contributed by atoms with Crippen molar-refractivity contribution in [3.63, 3.8) is 0 Å². The predicted octanol–water partition coefficient (Wildman–Crippen LogP) is 3.24. The van der Waals surface area contributed by atoms with Gasteiger partial charge in [-0.15, -0.1) is 0 Å². The van der Waals surface area contributed by atoms with Gasteiger partial charge in [0.25, 0.3) is 0 Å². The Morgan fingerprint density at radius 3 is 2.40 bits per heavy atom. The Balaban J connectivity index is 1.42. The minimum Gasteiger partial charge on any atom is -0.325 e. The summed E-state index contributed by atoms with van der Waals surface area (Å²) < 4.78 is 12.9. The van der Waals surface area contributed by atoms with Crippen LogP contribution in [0.2, 0.25) is 5.02 Å². The van der Waals surface area contributed by atoms with Gasteiger partial charge >= 0.3 is 0 Å². The summed E-state index contributed by atoms with van der Waals surface area (Å²) in [5.74, 6) is -0.385. The number of amides is 1. The van der Waals surface area contributed by atoms with E-state index in [9.17, 15) is 9.18 Å². The molecular formula is C19H21ClFN3O. The molecule has 4 nitrogen and oxygen atoms in total. The van der Waals surface area contributed by atoms with Crippen molar-refractivity contribution in [1.82, 2.24) is 9.80 Å². The van der Waals surface area contributed by atoms with E-state index in [2.05, 4.69) is 21.2 Å². The summed E-state index contributed by atoms with van der Waals surface area (Å²) in [5, 5.41) is 3.56. The van der Waals surface area contributed by atoms with Gasteiger partial charge in [-0.05, 0) is 42.0 Å². The molecule has 25 heavy (non-hydrogen) atoms. The van der Waals surface area contributed by atoms with Crippen molar-refractivity contribution in [2.75, 3.05) is 38.0 Å². The van der Waals surface area contributed by atoms with Crippen LogP contribution in [-0.4, -0.2) is 48.4 Å². The van der Waals surface area contributed by atoms with Crippen LogP contribution in [0.15, 0.2) is 48.5 Å². The molecule has 0 spiro atoms. The SMILES string of the molecule is O=C(CN1CCN(Cc2cccc(Cl)c2)CC1)Nc1ccc(F)cc1. The maximum atomic E-state index is 12.9. The zero-order valence-corrected chi connectivity index (χ0v) is 14.7. The third kappa shape index (κ3) is 5.53. The molecule has 0 aromatic heterocycles. The van der Waals surface area contributed by atoms with Gasteiger partial charge in [-0.3, -0.25) is 14.6 Å². The minimum absolute atomic E-state index is 0.0742. The molecular weight excluding hydrogens is 341 g/mol. The molecule has 1 aliphatic rings. The number of nitrogens with zero attached hydrogens (tertiary/aromatic N) is 2. The molecule has 3 rings (SSSR count). The Morgan fingerprint density at radius 1 is 1.04 bits per heavy atom. The Hall–Kier alpha value is -1.95. The molecule has 132 valence electrons. The predicted molar refractivity (Wildman–Crippen MR) is 98.2 cm³/mol. The van der Waals surface area contributed by atoms with Crippen molar-refractivity contribution < 1.29 is 9.18 Å². The summed E-state index contributed by atoms with van der Waals surface area (Å²) in [6.45, 7) is 4.74. The van der Waals surface area contributed by atoms with Crippen LogP contribution in [-0.2, 0) is 11.3 Å². The molecule has 1 heterocycles. The van der Waals surface area contributed by atoms with Gasteiger partial charge in [-0.25, -0.2) is 4.39 Å². The van der Waals surface area contributed by atoms with Gasteiger partial charge < -0.3 is 5.32 Å². The molecule has 2 aromatic rings. The summed E-state index contributed by atoms with van der Waals surface area (Å²) in [4.78, 5) is 16.6. The zero-order valence-electron chi connectivity index (χ0n) is 13.9. The summed E-state index contributed by atoms with van der Waals surface area (Å²) in [6, 6.07) is 13.7. The molecule has 1 N–H and O–H groups in total. The third-order valence-corrected chi connectivity index (χ3v) is 4.49. The number of hydrogen-bond acceptors (Lipinski definition) is 3. The number of benzene rings is 2. The summed E-state index contributed by atoms with van der Waals surface area (Å²) in [6.07, 6.45) is 0. The number of carbonyl (C=O) groups excluding carboxylic acids is 1. The van der Waals surface area contributed by atoms with Crippen molar-refractivity contribution in [1.29, 1.82) is 0 Å². The monoisotopic (exact) mass is 361 g/mol. The molecule has 0 aliphatic carbocycles. The van der Waals surface area contributed by atoms with Gasteiger partial charge in [0.15, 0.2) is 0 Å². The zero-order chi connectivity index (χ0) is 17.6. The first kappa shape index (κ1) is 17.9. The number of nitrogens with one attached hydrogen (secondary N) is 1. The number of hydrogen-bond donors (Lipinski definition) is 1. The quantitative estimate of drug-likeness (QED) is 0.888. The fraction of sp³-hybridized carbons (Fsp3) is 0.316. The lowest BCUT2D eigenvalue weighted by molar-refractivity contribution is -0.117. The minimum atomic E-state index is -0.311. The molecule has 0 bridgehead atoms. The largest absolute Gasteiger partial charge is 0.325 e. The van der Waals surface area contributed by atoms with Crippen molar-refractivity contribution >= 4 is 23.2 Å². The average molecular weight is 362 g/mol. The van der Waals surface area contributed by atoms with Crippen LogP contribution in [0, 0.1) is 5.82 Å². The second kappa shape index (κ2) is 8.43. The van der Waals surface area contributed by atoms with Crippen molar-refractivity contribution in [3.8, 4) is 0 Å². The van der Waals surface area contributed by atoms with E-state index >= 15 is 0 Å². The number of piperazine rings is 1. The molecule has 2 aromatic carbocycles. The Bertz CT molecular complexity index is 715. The van der Waals surface area contributed by atoms with Crippen molar-refractivity contribution in [2.24, 2.45) is 0 Å². The molecule has 0 unspecified atom stereocenters. The molecule has 0 radical (unpaired) electrons. The smallest absolute Gasteiger partial charge is 0.238 e. The Morgan fingerprint density at radius 2 is 1.72 bits per heavy atom. The number of rotatable bonds is 5. The third-order valence-electron chi connectivity index (χ3n) is 4.26. The van der Waals surface area contributed by atoms with Crippen LogP contribution in [0.3, 0.4) is 0 Å². The molecule has 1 amide bonds. The molecule has 6 heteroatoms. The second-order valence-electron chi connectivity index (χ2n) is 6.24. The van der Waals surface area contributed by atoms with Gasteiger partial charge in [-0.2, -0.15) is 0 Å². The Labute approximate surface area is 152 Å². The fourth-order valence-electron chi connectivity index (χ4n) is 2.94. The van der Waals surface area contributed by atoms with Gasteiger partial charge in [0.05, 0.1) is 6.54 Å². The van der Waals surface area contributed by atoms with Crippen LogP contribution in [0.1, 0.15) is 5.56 Å². The summed E-state index contributed by atoms with van der Waals surface area (Å²) in [7, 11) is 0. The molecule has 0 atom stereocenters. The van der Waals surface area contributed by atoms with Gasteiger partial charge in [0.2, 0.25) is 5.91 Å². The van der Waals surface area contributed by atoms with E-state index in [-0.39, 0.29) is 11.7 Å². The van der Waals surface area contributed by atoms with Gasteiger partial charge in [0, 0.05) is 43.4 Å². The highest BCUT2D eigenvalue weighted by Crippen LogP contribution is 2.14. The first-order chi connectivity index (χ1) is 12.1. The lowest BCUT2D eigenvalue weighted by Crippen LogP contribution is -2.48. The number of anilines is 1. The van der Waals surface area contributed by atoms with E-state index in [1.54, 1.807) is 12.1 Å². The normalized spacial score (nSPS) is 15.9. The highest BCUT2D eigenvalue weighted by molar-refractivity contribution is 6.30. The van der Waals surface area contributed by atoms with Gasteiger partial charge in [0.1, 0.15) is 5.82 Å². The molecule has 1 aliphatic heterocycles. The first-order valence-electron chi connectivity index (χ1n) is 8.33. The fourth-order valence-corrected chi connectivity index (χ4v) is 3.15. The summed E-state index contributed by atoms with van der Waals surface area (Å²) in [5.41, 5.74) is 1.82. The van der Waals surface area contributed by atoms with E-state index in [0.717, 1.165) is 37.7 Å². The van der Waals surface area contributed by atoms with E-state index in [1.807, 2.05) is 18.2 Å². The van der Waals surface area contributed by atoms with E-state index in [1.165, 1.54) is 17.7 Å². The highest BCUT2D eigenvalue weighted by atomic mass is 35.5. The van der Waals surface area contributed by atoms with E-state index < -0.39 is 0 Å². The number of carbonyl (C=O) groups is 1. The van der Waals surface area contributed by atoms with Crippen molar-refractivity contribution in [2.45, 2.75) is 6.54 Å². The maximum absolute atomic E-state index is 12.9. The van der Waals surface area contributed by atoms with Gasteiger partial charge in [-0.1, -0.05) is 23.7 Å². The standard InChI is InChI=1S/C19H21ClFN3O/c20-16-3-1-2-15(12-16)13-23-8-10-24(11-9-23)14-19(25)22-18-6-4-17(21)5-7-18/h1-7,12H,8-11,13-14H2,(H,22,25). The van der Waals surface area contributed by atoms with Crippen LogP contribution < -0.4 is 5.32 Å². The second-order valence-corrected chi connectivity index (χ2v) is 6.67.